The summed E-state index contributed by atoms with van der Waals surface area (Å²) in [7, 11) is 0. The number of hydrogen-bond acceptors (Lipinski definition) is 4. The van der Waals surface area contributed by atoms with Crippen LogP contribution in [-0.2, 0) is 0 Å². The van der Waals surface area contributed by atoms with Crippen molar-refractivity contribution in [3.8, 4) is 22.8 Å². The van der Waals surface area contributed by atoms with E-state index in [1.807, 2.05) is 54.6 Å². The van der Waals surface area contributed by atoms with Gasteiger partial charge in [-0.1, -0.05) is 41.6 Å². The van der Waals surface area contributed by atoms with Gasteiger partial charge in [0.05, 0.1) is 11.6 Å². The number of halogens is 1. The van der Waals surface area contributed by atoms with Gasteiger partial charge in [0.25, 0.3) is 5.89 Å². The molecule has 0 aliphatic heterocycles. The molecule has 0 bridgehead atoms. The molecule has 1 aromatic heterocycles. The summed E-state index contributed by atoms with van der Waals surface area (Å²) in [5.41, 5.74) is 8.01. The zero-order chi connectivity index (χ0) is 15.4. The minimum atomic E-state index is 0.183. The number of alkyl halides is 1. The summed E-state index contributed by atoms with van der Waals surface area (Å²) in [4.78, 5) is 8.61. The summed E-state index contributed by atoms with van der Waals surface area (Å²) >= 11 is 5.63. The van der Waals surface area contributed by atoms with Crippen LogP contribution in [0.4, 0.5) is 5.69 Å². The molecule has 0 unspecified atom stereocenters. The maximum atomic E-state index is 5.64. The van der Waals surface area contributed by atoms with E-state index in [2.05, 4.69) is 15.1 Å². The summed E-state index contributed by atoms with van der Waals surface area (Å²) in [6.07, 6.45) is 0. The van der Waals surface area contributed by atoms with Crippen molar-refractivity contribution in [3.63, 3.8) is 0 Å². The number of aliphatic imine (C=N–C) groups is 1. The molecule has 0 saturated carbocycles. The third-order valence-corrected chi connectivity index (χ3v) is 3.23. The Balaban J connectivity index is 1.92. The Bertz CT molecular complexity index is 799. The fraction of sp³-hybridized carbons (Fsp3) is 0.0625. The van der Waals surface area contributed by atoms with E-state index in [4.69, 9.17) is 21.9 Å². The molecule has 0 saturated heterocycles. The molecule has 3 rings (SSSR count). The molecular weight excluding hydrogens is 300 g/mol. The molecular formula is C16H13ClN4O. The predicted octanol–water partition coefficient (Wildman–Crippen LogP) is 3.63. The minimum Gasteiger partial charge on any atom is -0.386 e. The third-order valence-electron chi connectivity index (χ3n) is 2.96. The Hall–Kier alpha value is -2.66. The average molecular weight is 313 g/mol. The lowest BCUT2D eigenvalue weighted by Crippen LogP contribution is -2.12. The molecule has 0 spiro atoms. The lowest BCUT2D eigenvalue weighted by molar-refractivity contribution is 0.432. The van der Waals surface area contributed by atoms with E-state index in [-0.39, 0.29) is 5.88 Å². The molecule has 6 heteroatoms. The Kier molecular flexibility index (Phi) is 4.16. The van der Waals surface area contributed by atoms with Crippen molar-refractivity contribution < 1.29 is 4.52 Å². The molecule has 110 valence electrons. The molecule has 0 atom stereocenters. The number of rotatable bonds is 4. The number of aromatic nitrogens is 2. The maximum Gasteiger partial charge on any atom is 0.258 e. The average Bonchev–Trinajstić information content (AvgIpc) is 3.06. The van der Waals surface area contributed by atoms with E-state index < -0.39 is 0 Å². The highest BCUT2D eigenvalue weighted by Crippen LogP contribution is 2.25. The highest BCUT2D eigenvalue weighted by molar-refractivity contribution is 6.28. The molecule has 1 heterocycles. The zero-order valence-electron chi connectivity index (χ0n) is 11.6. The second-order valence-electron chi connectivity index (χ2n) is 4.58. The van der Waals surface area contributed by atoms with Crippen LogP contribution in [0.2, 0.25) is 0 Å². The molecule has 22 heavy (non-hydrogen) atoms. The monoisotopic (exact) mass is 312 g/mol. The molecule has 0 aliphatic rings. The quantitative estimate of drug-likeness (QED) is 0.453. The summed E-state index contributed by atoms with van der Waals surface area (Å²) < 4.78 is 5.32. The van der Waals surface area contributed by atoms with Gasteiger partial charge in [0.2, 0.25) is 5.82 Å². The van der Waals surface area contributed by atoms with Crippen LogP contribution in [0, 0.1) is 0 Å². The van der Waals surface area contributed by atoms with E-state index in [0.717, 1.165) is 11.1 Å². The first-order valence-electron chi connectivity index (χ1n) is 6.65. The standard InChI is InChI=1S/C16H13ClN4O/c17-10-14(18)19-13-8-4-7-12(9-13)16-20-15(21-22-16)11-5-2-1-3-6-11/h1-9H,10H2,(H2,18,19). The Labute approximate surface area is 132 Å². The molecule has 0 radical (unpaired) electrons. The van der Waals surface area contributed by atoms with Gasteiger partial charge in [-0.3, -0.25) is 0 Å². The Morgan fingerprint density at radius 1 is 1.09 bits per heavy atom. The van der Waals surface area contributed by atoms with Crippen molar-refractivity contribution in [1.29, 1.82) is 0 Å². The van der Waals surface area contributed by atoms with Crippen molar-refractivity contribution in [3.05, 3.63) is 54.6 Å². The number of benzene rings is 2. The van der Waals surface area contributed by atoms with Crippen LogP contribution in [0.1, 0.15) is 0 Å². The van der Waals surface area contributed by atoms with Gasteiger partial charge in [-0.2, -0.15) is 4.98 Å². The van der Waals surface area contributed by atoms with Gasteiger partial charge in [0.1, 0.15) is 5.84 Å². The largest absolute Gasteiger partial charge is 0.386 e. The van der Waals surface area contributed by atoms with E-state index in [1.165, 1.54) is 0 Å². The molecule has 0 fully saturated rings. The first-order chi connectivity index (χ1) is 10.8. The van der Waals surface area contributed by atoms with Crippen LogP contribution in [-0.4, -0.2) is 21.9 Å². The second-order valence-corrected chi connectivity index (χ2v) is 4.84. The highest BCUT2D eigenvalue weighted by atomic mass is 35.5. The van der Waals surface area contributed by atoms with Gasteiger partial charge in [0, 0.05) is 11.1 Å². The fourth-order valence-corrected chi connectivity index (χ4v) is 2.01. The van der Waals surface area contributed by atoms with Crippen LogP contribution < -0.4 is 5.73 Å². The van der Waals surface area contributed by atoms with Crippen molar-refractivity contribution in [2.45, 2.75) is 0 Å². The summed E-state index contributed by atoms with van der Waals surface area (Å²) in [5, 5.41) is 4.00. The number of hydrogen-bond donors (Lipinski definition) is 1. The minimum absolute atomic E-state index is 0.183. The van der Waals surface area contributed by atoms with E-state index in [1.54, 1.807) is 0 Å². The van der Waals surface area contributed by atoms with Gasteiger partial charge < -0.3 is 10.3 Å². The van der Waals surface area contributed by atoms with Crippen LogP contribution >= 0.6 is 11.6 Å². The molecule has 5 nitrogen and oxygen atoms in total. The lowest BCUT2D eigenvalue weighted by atomic mass is 10.2. The first kappa shape index (κ1) is 14.3. The smallest absolute Gasteiger partial charge is 0.258 e. The van der Waals surface area contributed by atoms with Crippen LogP contribution in [0.25, 0.3) is 22.8 Å². The molecule has 2 N–H and O–H groups in total. The van der Waals surface area contributed by atoms with E-state index in [0.29, 0.717) is 23.2 Å². The van der Waals surface area contributed by atoms with E-state index in [9.17, 15) is 0 Å². The SMILES string of the molecule is NC(CCl)=Nc1cccc(-c2nc(-c3ccccc3)no2)c1. The van der Waals surface area contributed by atoms with Crippen LogP contribution in [0.5, 0.6) is 0 Å². The van der Waals surface area contributed by atoms with Gasteiger partial charge in [-0.15, -0.1) is 11.6 Å². The third kappa shape index (κ3) is 3.15. The second kappa shape index (κ2) is 6.41. The maximum absolute atomic E-state index is 5.64. The normalized spacial score (nSPS) is 11.6. The van der Waals surface area contributed by atoms with Crippen molar-refractivity contribution in [2.24, 2.45) is 10.7 Å². The topological polar surface area (TPSA) is 77.3 Å². The van der Waals surface area contributed by atoms with E-state index >= 15 is 0 Å². The summed E-state index contributed by atoms with van der Waals surface area (Å²) in [5.74, 6) is 1.52. The summed E-state index contributed by atoms with van der Waals surface area (Å²) in [6.45, 7) is 0. The molecule has 3 aromatic rings. The Morgan fingerprint density at radius 2 is 1.86 bits per heavy atom. The fourth-order valence-electron chi connectivity index (χ4n) is 1.95. The summed E-state index contributed by atoms with van der Waals surface area (Å²) in [6, 6.07) is 17.0. The Morgan fingerprint density at radius 3 is 2.64 bits per heavy atom. The number of amidine groups is 1. The van der Waals surface area contributed by atoms with Gasteiger partial charge in [0.15, 0.2) is 0 Å². The van der Waals surface area contributed by atoms with Crippen molar-refractivity contribution >= 4 is 23.1 Å². The predicted molar refractivity (Wildman–Crippen MR) is 87.2 cm³/mol. The van der Waals surface area contributed by atoms with Crippen LogP contribution in [0.3, 0.4) is 0 Å². The van der Waals surface area contributed by atoms with Crippen molar-refractivity contribution in [2.75, 3.05) is 5.88 Å². The highest BCUT2D eigenvalue weighted by Gasteiger charge is 2.10. The van der Waals surface area contributed by atoms with Gasteiger partial charge >= 0.3 is 0 Å². The number of nitrogens with two attached hydrogens (primary N) is 1. The lowest BCUT2D eigenvalue weighted by Gasteiger charge is -1.98. The molecule has 0 amide bonds. The first-order valence-corrected chi connectivity index (χ1v) is 7.18. The van der Waals surface area contributed by atoms with Crippen molar-refractivity contribution in [1.82, 2.24) is 10.1 Å². The molecule has 2 aromatic carbocycles. The van der Waals surface area contributed by atoms with Gasteiger partial charge in [-0.25, -0.2) is 4.99 Å². The van der Waals surface area contributed by atoms with Crippen LogP contribution in [0.15, 0.2) is 64.1 Å². The number of nitrogens with zero attached hydrogens (tertiary/aromatic N) is 3. The van der Waals surface area contributed by atoms with Gasteiger partial charge in [-0.05, 0) is 18.2 Å². The molecule has 0 aliphatic carbocycles. The zero-order valence-corrected chi connectivity index (χ0v) is 12.4.